The molecule has 240 valence electrons. The minimum atomic E-state index is -5.10. The van der Waals surface area contributed by atoms with E-state index in [1.165, 1.54) is 37.1 Å². The molecule has 0 aliphatic carbocycles. The molecule has 1 unspecified atom stereocenters. The maximum Gasteiger partial charge on any atom is 0.340 e. The fraction of sp³-hybridized carbons (Fsp3) is 0.156. The van der Waals surface area contributed by atoms with Crippen LogP contribution < -0.4 is 0 Å². The number of hydrogen-bond acceptors (Lipinski definition) is 7. The van der Waals surface area contributed by atoms with Gasteiger partial charge in [-0.05, 0) is 39.2 Å². The van der Waals surface area contributed by atoms with Gasteiger partial charge < -0.3 is 14.7 Å². The van der Waals surface area contributed by atoms with Gasteiger partial charge in [0.05, 0.1) is 5.56 Å². The van der Waals surface area contributed by atoms with Crippen LogP contribution in [0.3, 0.4) is 0 Å². The number of carbonyl (C=O) groups is 2. The van der Waals surface area contributed by atoms with Gasteiger partial charge in [-0.15, -0.1) is 11.3 Å². The van der Waals surface area contributed by atoms with Crippen LogP contribution in [0.25, 0.3) is 26.5 Å². The van der Waals surface area contributed by atoms with E-state index in [4.69, 9.17) is 11.6 Å². The van der Waals surface area contributed by atoms with Gasteiger partial charge in [-0.1, -0.05) is 78.3 Å². The van der Waals surface area contributed by atoms with Crippen molar-refractivity contribution in [2.75, 3.05) is 26.2 Å². The van der Waals surface area contributed by atoms with E-state index in [1.54, 1.807) is 78.3 Å². The van der Waals surface area contributed by atoms with Crippen LogP contribution in [0.2, 0.25) is 5.15 Å². The maximum absolute atomic E-state index is 14.3. The summed E-state index contributed by atoms with van der Waals surface area (Å²) in [5.41, 5.74) is -1.86. The van der Waals surface area contributed by atoms with Crippen LogP contribution in [-0.2, 0) is 14.6 Å². The number of fused-ring (bicyclic) bond motifs is 3. The van der Waals surface area contributed by atoms with Crippen LogP contribution in [0.5, 0.6) is 0 Å². The standard InChI is InChI=1S/C32H26ClN4O7PS2/c33-29-31(37-16-17-46-32(37)34-29)47(43,44)36-14-12-35(13-15-36)30(39)26-19-22-8-2-1-7-21(22)18-25(26)27(38)28(45(40,41)42)24-11-5-9-20-6-3-4-10-23(20)24/h1-11,16-19,28H,12-15H2,(H2,40,41,42). The molecule has 0 spiro atoms. The highest BCUT2D eigenvalue weighted by atomic mass is 35.5. The molecular weight excluding hydrogens is 683 g/mol. The van der Waals surface area contributed by atoms with Crippen molar-refractivity contribution in [1.29, 1.82) is 0 Å². The zero-order valence-electron chi connectivity index (χ0n) is 24.4. The Bertz CT molecular complexity index is 2370. The Morgan fingerprint density at radius 2 is 1.49 bits per heavy atom. The second-order valence-electron chi connectivity index (χ2n) is 11.1. The van der Waals surface area contributed by atoms with Gasteiger partial charge in [-0.3, -0.25) is 18.6 Å². The van der Waals surface area contributed by atoms with Gasteiger partial charge in [0.2, 0.25) is 0 Å². The van der Waals surface area contributed by atoms with Crippen LogP contribution in [-0.4, -0.2) is 74.7 Å². The van der Waals surface area contributed by atoms with Gasteiger partial charge >= 0.3 is 7.60 Å². The number of nitrogens with zero attached hydrogens (tertiary/aromatic N) is 4. The first kappa shape index (κ1) is 31.6. The van der Waals surface area contributed by atoms with Crippen molar-refractivity contribution in [3.8, 4) is 0 Å². The minimum Gasteiger partial charge on any atom is -0.336 e. The predicted octanol–water partition coefficient (Wildman–Crippen LogP) is 5.60. The lowest BCUT2D eigenvalue weighted by Crippen LogP contribution is -2.50. The number of halogens is 1. The number of ketones is 1. The zero-order chi connectivity index (χ0) is 33.1. The van der Waals surface area contributed by atoms with Gasteiger partial charge in [-0.2, -0.15) is 4.31 Å². The Morgan fingerprint density at radius 1 is 0.872 bits per heavy atom. The largest absolute Gasteiger partial charge is 0.340 e. The second kappa shape index (κ2) is 11.9. The summed E-state index contributed by atoms with van der Waals surface area (Å²) in [5, 5.41) is 3.91. The number of piperazine rings is 1. The van der Waals surface area contributed by atoms with E-state index in [2.05, 4.69) is 4.98 Å². The molecule has 1 atom stereocenters. The van der Waals surface area contributed by atoms with Crippen LogP contribution in [0.15, 0.2) is 95.5 Å². The third kappa shape index (κ3) is 5.57. The number of rotatable bonds is 7. The maximum atomic E-state index is 14.3. The number of aromatic nitrogens is 2. The second-order valence-corrected chi connectivity index (χ2v) is 15.9. The molecule has 1 aliphatic rings. The lowest BCUT2D eigenvalue weighted by molar-refractivity contribution is 0.0693. The monoisotopic (exact) mass is 708 g/mol. The SMILES string of the molecule is O=C(c1cc2ccccc2cc1C(=O)N1CCN(S(=O)(=O)c2c(Cl)nc3sccn23)CC1)C(c1cccc2ccccc12)P(=O)(O)O. The summed E-state index contributed by atoms with van der Waals surface area (Å²) in [6, 6.07) is 22.0. The molecule has 1 aliphatic heterocycles. The van der Waals surface area contributed by atoms with E-state index < -0.39 is 35.0 Å². The first-order valence-corrected chi connectivity index (χ1v) is 18.8. The molecule has 0 saturated carbocycles. The summed E-state index contributed by atoms with van der Waals surface area (Å²) in [7, 11) is -9.16. The Morgan fingerprint density at radius 3 is 2.17 bits per heavy atom. The third-order valence-electron chi connectivity index (χ3n) is 8.37. The molecule has 6 aromatic rings. The highest BCUT2D eigenvalue weighted by molar-refractivity contribution is 7.89. The molecule has 2 aromatic heterocycles. The molecule has 15 heteroatoms. The van der Waals surface area contributed by atoms with E-state index in [9.17, 15) is 32.4 Å². The minimum absolute atomic E-state index is 0.00691. The molecule has 11 nitrogen and oxygen atoms in total. The first-order valence-electron chi connectivity index (χ1n) is 14.5. The predicted molar refractivity (Wildman–Crippen MR) is 180 cm³/mol. The summed E-state index contributed by atoms with van der Waals surface area (Å²) in [6.45, 7) is -0.0700. The Kier molecular flexibility index (Phi) is 8.04. The topological polar surface area (TPSA) is 150 Å². The first-order chi connectivity index (χ1) is 22.4. The van der Waals surface area contributed by atoms with Gasteiger partial charge in [-0.25, -0.2) is 13.4 Å². The van der Waals surface area contributed by atoms with Gasteiger partial charge in [0.1, 0.15) is 5.66 Å². The molecule has 1 fully saturated rings. The van der Waals surface area contributed by atoms with E-state index in [0.29, 0.717) is 26.5 Å². The molecular formula is C32H26ClN4O7PS2. The fourth-order valence-electron chi connectivity index (χ4n) is 6.13. The molecule has 3 heterocycles. The molecule has 2 N–H and O–H groups in total. The Hall–Kier alpha value is -3.94. The zero-order valence-corrected chi connectivity index (χ0v) is 27.7. The Labute approximate surface area is 277 Å². The quantitative estimate of drug-likeness (QED) is 0.161. The number of carbonyl (C=O) groups excluding carboxylic acids is 2. The highest BCUT2D eigenvalue weighted by Gasteiger charge is 2.41. The van der Waals surface area contributed by atoms with Crippen molar-refractivity contribution in [3.63, 3.8) is 0 Å². The number of thiazole rings is 1. The van der Waals surface area contributed by atoms with E-state index in [1.807, 2.05) is 0 Å². The molecule has 0 bridgehead atoms. The molecule has 47 heavy (non-hydrogen) atoms. The normalized spacial score (nSPS) is 15.4. The number of benzene rings is 4. The van der Waals surface area contributed by atoms with Crippen LogP contribution in [0.1, 0.15) is 31.9 Å². The number of imidazole rings is 1. The van der Waals surface area contributed by atoms with Crippen LogP contribution in [0, 0.1) is 0 Å². The van der Waals surface area contributed by atoms with Crippen molar-refractivity contribution in [2.24, 2.45) is 0 Å². The lowest BCUT2D eigenvalue weighted by atomic mass is 9.92. The summed E-state index contributed by atoms with van der Waals surface area (Å²) < 4.78 is 42.9. The number of amides is 1. The Balaban J connectivity index is 1.24. The highest BCUT2D eigenvalue weighted by Crippen LogP contribution is 2.55. The van der Waals surface area contributed by atoms with Crippen LogP contribution in [0.4, 0.5) is 0 Å². The number of sulfonamides is 1. The van der Waals surface area contributed by atoms with Gasteiger partial charge in [0.25, 0.3) is 15.9 Å². The van der Waals surface area contributed by atoms with E-state index in [0.717, 1.165) is 0 Å². The van der Waals surface area contributed by atoms with E-state index >= 15 is 0 Å². The number of hydrogen-bond donors (Lipinski definition) is 2. The lowest BCUT2D eigenvalue weighted by Gasteiger charge is -2.34. The summed E-state index contributed by atoms with van der Waals surface area (Å²) >= 11 is 7.47. The van der Waals surface area contributed by atoms with Gasteiger partial charge in [0.15, 0.2) is 20.9 Å². The van der Waals surface area contributed by atoms with Crippen molar-refractivity contribution in [2.45, 2.75) is 10.7 Å². The van der Waals surface area contributed by atoms with Crippen molar-refractivity contribution in [3.05, 3.63) is 112 Å². The van der Waals surface area contributed by atoms with Crippen molar-refractivity contribution >= 4 is 78.8 Å². The average Bonchev–Trinajstić information content (AvgIpc) is 3.63. The van der Waals surface area contributed by atoms with E-state index in [-0.39, 0.29) is 53.0 Å². The summed E-state index contributed by atoms with van der Waals surface area (Å²) in [5.74, 6) is -1.44. The molecule has 7 rings (SSSR count). The molecule has 4 aromatic carbocycles. The smallest absolute Gasteiger partial charge is 0.336 e. The number of Topliss-reactive ketones (excluding diaryl/α,β-unsaturated/α-hetero) is 1. The summed E-state index contributed by atoms with van der Waals surface area (Å²) in [4.78, 5) is 55.7. The molecule has 0 radical (unpaired) electrons. The molecule has 1 saturated heterocycles. The summed E-state index contributed by atoms with van der Waals surface area (Å²) in [6.07, 6.45) is 1.58. The fourth-order valence-corrected chi connectivity index (χ4v) is 9.99. The van der Waals surface area contributed by atoms with Crippen molar-refractivity contribution < 1.29 is 32.4 Å². The average molecular weight is 709 g/mol. The van der Waals surface area contributed by atoms with Crippen LogP contribution >= 0.6 is 30.5 Å². The van der Waals surface area contributed by atoms with Crippen molar-refractivity contribution in [1.82, 2.24) is 18.6 Å². The third-order valence-corrected chi connectivity index (χ3v) is 12.6. The van der Waals surface area contributed by atoms with Gasteiger partial charge in [0, 0.05) is 43.3 Å². The molecule has 1 amide bonds.